The maximum atomic E-state index is 12.9. The topological polar surface area (TPSA) is 71.1 Å². The number of carbonyl (C=O) groups excluding carboxylic acids is 2. The standard InChI is InChI=1S/C20H24FN3O2S2/c21-15-6-8-16(9-7-15)22-19(26)13-27-11-17-12-28-20(23-17)24-18(25)10-14-4-2-1-3-5-14/h6-9,12,14H,1-5,10-11,13H2,(H,22,26)(H,23,24,25). The Labute approximate surface area is 172 Å². The third-order valence-electron chi connectivity index (χ3n) is 4.61. The van der Waals surface area contributed by atoms with Crippen LogP contribution < -0.4 is 10.6 Å². The molecule has 0 atom stereocenters. The molecule has 1 aliphatic rings. The lowest BCUT2D eigenvalue weighted by Crippen LogP contribution is -2.18. The molecule has 1 heterocycles. The van der Waals surface area contributed by atoms with Gasteiger partial charge in [-0.15, -0.1) is 23.1 Å². The second-order valence-corrected chi connectivity index (χ2v) is 8.79. The Hall–Kier alpha value is -1.93. The molecule has 0 aliphatic heterocycles. The predicted molar refractivity (Wildman–Crippen MR) is 113 cm³/mol. The molecule has 2 N–H and O–H groups in total. The van der Waals surface area contributed by atoms with Crippen LogP contribution in [0, 0.1) is 11.7 Å². The number of carbonyl (C=O) groups is 2. The molecular weight excluding hydrogens is 397 g/mol. The van der Waals surface area contributed by atoms with Crippen molar-refractivity contribution in [3.63, 3.8) is 0 Å². The normalized spacial score (nSPS) is 14.6. The number of benzene rings is 1. The zero-order valence-corrected chi connectivity index (χ0v) is 17.2. The van der Waals surface area contributed by atoms with E-state index in [1.807, 2.05) is 5.38 Å². The summed E-state index contributed by atoms with van der Waals surface area (Å²) in [6.07, 6.45) is 6.61. The first-order valence-corrected chi connectivity index (χ1v) is 11.5. The average Bonchev–Trinajstić information content (AvgIpc) is 3.11. The minimum absolute atomic E-state index is 0.0409. The lowest BCUT2D eigenvalue weighted by atomic mass is 9.87. The van der Waals surface area contributed by atoms with Gasteiger partial charge in [0, 0.05) is 23.2 Å². The minimum Gasteiger partial charge on any atom is -0.325 e. The van der Waals surface area contributed by atoms with E-state index in [1.165, 1.54) is 66.6 Å². The van der Waals surface area contributed by atoms with E-state index in [4.69, 9.17) is 0 Å². The molecule has 28 heavy (non-hydrogen) atoms. The molecule has 0 unspecified atom stereocenters. The molecule has 0 radical (unpaired) electrons. The van der Waals surface area contributed by atoms with Crippen molar-refractivity contribution < 1.29 is 14.0 Å². The molecule has 0 bridgehead atoms. The molecule has 150 valence electrons. The maximum absolute atomic E-state index is 12.9. The van der Waals surface area contributed by atoms with Gasteiger partial charge in [-0.2, -0.15) is 0 Å². The Bertz CT molecular complexity index is 789. The number of halogens is 1. The third kappa shape index (κ3) is 6.91. The van der Waals surface area contributed by atoms with Crippen LogP contribution >= 0.6 is 23.1 Å². The van der Waals surface area contributed by atoms with E-state index < -0.39 is 0 Å². The highest BCUT2D eigenvalue weighted by atomic mass is 32.2. The molecule has 1 aromatic carbocycles. The number of amides is 2. The van der Waals surface area contributed by atoms with Crippen LogP contribution in [0.25, 0.3) is 0 Å². The number of hydrogen-bond acceptors (Lipinski definition) is 5. The van der Waals surface area contributed by atoms with Crippen LogP contribution in [-0.4, -0.2) is 22.6 Å². The summed E-state index contributed by atoms with van der Waals surface area (Å²) in [7, 11) is 0. The molecular formula is C20H24FN3O2S2. The van der Waals surface area contributed by atoms with Crippen LogP contribution in [-0.2, 0) is 15.3 Å². The number of thioether (sulfide) groups is 1. The van der Waals surface area contributed by atoms with Gasteiger partial charge >= 0.3 is 0 Å². The Morgan fingerprint density at radius 3 is 2.61 bits per heavy atom. The first kappa shape index (κ1) is 20.8. The number of anilines is 2. The highest BCUT2D eigenvalue weighted by Gasteiger charge is 2.17. The van der Waals surface area contributed by atoms with Crippen molar-refractivity contribution >= 4 is 45.7 Å². The van der Waals surface area contributed by atoms with Crippen molar-refractivity contribution in [2.75, 3.05) is 16.4 Å². The van der Waals surface area contributed by atoms with Crippen molar-refractivity contribution in [3.05, 3.63) is 41.2 Å². The summed E-state index contributed by atoms with van der Waals surface area (Å²) < 4.78 is 12.9. The second-order valence-electron chi connectivity index (χ2n) is 6.95. The van der Waals surface area contributed by atoms with Crippen molar-refractivity contribution in [2.45, 2.75) is 44.3 Å². The molecule has 2 aromatic rings. The molecule has 2 amide bonds. The predicted octanol–water partition coefficient (Wildman–Crippen LogP) is 5.06. The zero-order valence-electron chi connectivity index (χ0n) is 15.6. The number of thiazole rings is 1. The zero-order chi connectivity index (χ0) is 19.8. The average molecular weight is 422 g/mol. The molecule has 5 nitrogen and oxygen atoms in total. The Morgan fingerprint density at radius 2 is 1.86 bits per heavy atom. The minimum atomic E-state index is -0.336. The molecule has 1 saturated carbocycles. The van der Waals surface area contributed by atoms with Gasteiger partial charge in [-0.3, -0.25) is 9.59 Å². The van der Waals surface area contributed by atoms with Crippen molar-refractivity contribution in [1.29, 1.82) is 0 Å². The SMILES string of the molecule is O=C(CSCc1csc(NC(=O)CC2CCCCC2)n1)Nc1ccc(F)cc1. The number of nitrogens with zero attached hydrogens (tertiary/aromatic N) is 1. The first-order valence-electron chi connectivity index (χ1n) is 9.46. The third-order valence-corrected chi connectivity index (χ3v) is 6.38. The highest BCUT2D eigenvalue weighted by Crippen LogP contribution is 2.27. The second kappa shape index (κ2) is 10.6. The Kier molecular flexibility index (Phi) is 7.85. The van der Waals surface area contributed by atoms with Crippen molar-refractivity contribution in [2.24, 2.45) is 5.92 Å². The van der Waals surface area contributed by atoms with Crippen LogP contribution in [0.15, 0.2) is 29.6 Å². The summed E-state index contributed by atoms with van der Waals surface area (Å²) in [4.78, 5) is 28.5. The van der Waals surface area contributed by atoms with E-state index in [0.29, 0.717) is 28.9 Å². The molecule has 1 fully saturated rings. The van der Waals surface area contributed by atoms with Gasteiger partial charge in [-0.05, 0) is 43.0 Å². The van der Waals surface area contributed by atoms with Crippen LogP contribution in [0.5, 0.6) is 0 Å². The summed E-state index contributed by atoms with van der Waals surface area (Å²) in [5.41, 5.74) is 1.42. The van der Waals surface area contributed by atoms with E-state index in [2.05, 4.69) is 15.6 Å². The Balaban J connectivity index is 1.36. The van der Waals surface area contributed by atoms with E-state index in [-0.39, 0.29) is 23.4 Å². The molecule has 1 aliphatic carbocycles. The van der Waals surface area contributed by atoms with Gasteiger partial charge < -0.3 is 10.6 Å². The van der Waals surface area contributed by atoms with E-state index >= 15 is 0 Å². The monoisotopic (exact) mass is 421 g/mol. The molecule has 8 heteroatoms. The van der Waals surface area contributed by atoms with Gasteiger partial charge in [0.2, 0.25) is 11.8 Å². The Morgan fingerprint density at radius 1 is 1.11 bits per heavy atom. The molecule has 3 rings (SSSR count). The fraction of sp³-hybridized carbons (Fsp3) is 0.450. The maximum Gasteiger partial charge on any atom is 0.234 e. The van der Waals surface area contributed by atoms with Crippen molar-refractivity contribution in [1.82, 2.24) is 4.98 Å². The number of nitrogens with one attached hydrogen (secondary N) is 2. The van der Waals surface area contributed by atoms with E-state index in [1.54, 1.807) is 0 Å². The highest BCUT2D eigenvalue weighted by molar-refractivity contribution is 7.99. The molecule has 1 aromatic heterocycles. The fourth-order valence-corrected chi connectivity index (χ4v) is 4.78. The van der Waals surface area contributed by atoms with Crippen LogP contribution in [0.3, 0.4) is 0 Å². The quantitative estimate of drug-likeness (QED) is 0.625. The summed E-state index contributed by atoms with van der Waals surface area (Å²) in [5.74, 6) is 0.928. The lowest BCUT2D eigenvalue weighted by molar-refractivity contribution is -0.117. The first-order chi connectivity index (χ1) is 13.6. The summed E-state index contributed by atoms with van der Waals surface area (Å²) in [5, 5.41) is 8.14. The summed E-state index contributed by atoms with van der Waals surface area (Å²) >= 11 is 2.85. The van der Waals surface area contributed by atoms with E-state index in [9.17, 15) is 14.0 Å². The number of rotatable bonds is 8. The van der Waals surface area contributed by atoms with Gasteiger partial charge in [-0.1, -0.05) is 19.3 Å². The lowest BCUT2D eigenvalue weighted by Gasteiger charge is -2.20. The van der Waals surface area contributed by atoms with Crippen LogP contribution in [0.2, 0.25) is 0 Å². The van der Waals surface area contributed by atoms with E-state index in [0.717, 1.165) is 18.5 Å². The van der Waals surface area contributed by atoms with Gasteiger partial charge in [0.15, 0.2) is 5.13 Å². The van der Waals surface area contributed by atoms with Crippen LogP contribution in [0.1, 0.15) is 44.2 Å². The van der Waals surface area contributed by atoms with Crippen LogP contribution in [0.4, 0.5) is 15.2 Å². The number of hydrogen-bond donors (Lipinski definition) is 2. The smallest absolute Gasteiger partial charge is 0.234 e. The number of aromatic nitrogens is 1. The van der Waals surface area contributed by atoms with Crippen molar-refractivity contribution in [3.8, 4) is 0 Å². The van der Waals surface area contributed by atoms with Gasteiger partial charge in [-0.25, -0.2) is 9.37 Å². The molecule has 0 saturated heterocycles. The molecule has 0 spiro atoms. The fourth-order valence-electron chi connectivity index (χ4n) is 3.23. The van der Waals surface area contributed by atoms with Gasteiger partial charge in [0.25, 0.3) is 0 Å². The summed E-state index contributed by atoms with van der Waals surface area (Å²) in [6, 6.07) is 5.67. The van der Waals surface area contributed by atoms with Gasteiger partial charge in [0.1, 0.15) is 5.82 Å². The van der Waals surface area contributed by atoms with Gasteiger partial charge in [0.05, 0.1) is 11.4 Å². The largest absolute Gasteiger partial charge is 0.325 e. The summed E-state index contributed by atoms with van der Waals surface area (Å²) in [6.45, 7) is 0.